The summed E-state index contributed by atoms with van der Waals surface area (Å²) >= 11 is 1.61. The summed E-state index contributed by atoms with van der Waals surface area (Å²) in [5.41, 5.74) is 3.44. The van der Waals surface area contributed by atoms with Crippen molar-refractivity contribution in [3.63, 3.8) is 0 Å². The van der Waals surface area contributed by atoms with Gasteiger partial charge in [-0.05, 0) is 41.5 Å². The number of rotatable bonds is 3. The van der Waals surface area contributed by atoms with Crippen LogP contribution in [-0.4, -0.2) is 5.11 Å². The fourth-order valence-electron chi connectivity index (χ4n) is 1.75. The van der Waals surface area contributed by atoms with Crippen LogP contribution in [0.25, 0.3) is 0 Å². The van der Waals surface area contributed by atoms with Gasteiger partial charge in [0, 0.05) is 4.88 Å². The molecule has 16 heavy (non-hydrogen) atoms. The maximum absolute atomic E-state index is 10.2. The molecule has 1 unspecified atom stereocenters. The fourth-order valence-corrected chi connectivity index (χ4v) is 2.69. The molecular weight excluding hydrogens is 216 g/mol. The Morgan fingerprint density at radius 2 is 1.88 bits per heavy atom. The third-order valence-corrected chi connectivity index (χ3v) is 3.93. The summed E-state index contributed by atoms with van der Waals surface area (Å²) in [7, 11) is 0. The summed E-state index contributed by atoms with van der Waals surface area (Å²) in [6, 6.07) is 10.2. The molecule has 2 rings (SSSR count). The molecule has 0 radical (unpaired) electrons. The molecule has 0 saturated carbocycles. The van der Waals surface area contributed by atoms with Gasteiger partial charge in [0.25, 0.3) is 0 Å². The van der Waals surface area contributed by atoms with Crippen LogP contribution in [0.5, 0.6) is 0 Å². The van der Waals surface area contributed by atoms with Gasteiger partial charge in [0.15, 0.2) is 0 Å². The molecule has 1 atom stereocenters. The van der Waals surface area contributed by atoms with Crippen LogP contribution in [-0.2, 0) is 6.42 Å². The minimum absolute atomic E-state index is 0.481. The van der Waals surface area contributed by atoms with Crippen molar-refractivity contribution in [3.05, 3.63) is 57.3 Å². The van der Waals surface area contributed by atoms with Crippen LogP contribution in [0.4, 0.5) is 0 Å². The van der Waals surface area contributed by atoms with E-state index >= 15 is 0 Å². The van der Waals surface area contributed by atoms with Crippen LogP contribution >= 0.6 is 11.3 Å². The van der Waals surface area contributed by atoms with E-state index < -0.39 is 6.10 Å². The maximum atomic E-state index is 10.2. The Balaban J connectivity index is 2.27. The Kier molecular flexibility index (Phi) is 3.42. The SMILES string of the molecule is CCc1ccc(C(O)c2sccc2C)cc1. The largest absolute Gasteiger partial charge is 0.383 e. The molecule has 0 aliphatic heterocycles. The van der Waals surface area contributed by atoms with E-state index in [0.29, 0.717) is 0 Å². The number of benzene rings is 1. The van der Waals surface area contributed by atoms with Crippen molar-refractivity contribution in [2.75, 3.05) is 0 Å². The molecule has 0 aliphatic rings. The number of aryl methyl sites for hydroxylation is 2. The molecule has 0 aliphatic carbocycles. The lowest BCUT2D eigenvalue weighted by Crippen LogP contribution is -1.98. The first-order valence-corrected chi connectivity index (χ1v) is 6.41. The number of aliphatic hydroxyl groups excluding tert-OH is 1. The number of aliphatic hydroxyl groups is 1. The smallest absolute Gasteiger partial charge is 0.113 e. The third-order valence-electron chi connectivity index (χ3n) is 2.85. The van der Waals surface area contributed by atoms with Gasteiger partial charge in [-0.2, -0.15) is 0 Å². The van der Waals surface area contributed by atoms with E-state index in [4.69, 9.17) is 0 Å². The highest BCUT2D eigenvalue weighted by molar-refractivity contribution is 7.10. The standard InChI is InChI=1S/C14H16OS/c1-3-11-4-6-12(7-5-11)13(15)14-10(2)8-9-16-14/h4-9,13,15H,3H2,1-2H3. The van der Waals surface area contributed by atoms with E-state index in [1.807, 2.05) is 30.5 Å². The summed E-state index contributed by atoms with van der Waals surface area (Å²) in [6.07, 6.45) is 0.555. The van der Waals surface area contributed by atoms with E-state index in [2.05, 4.69) is 19.1 Å². The molecule has 0 bridgehead atoms. The lowest BCUT2D eigenvalue weighted by molar-refractivity contribution is 0.223. The van der Waals surface area contributed by atoms with Crippen molar-refractivity contribution >= 4 is 11.3 Å². The van der Waals surface area contributed by atoms with Gasteiger partial charge in [-0.25, -0.2) is 0 Å². The van der Waals surface area contributed by atoms with Gasteiger partial charge in [-0.3, -0.25) is 0 Å². The molecule has 1 aromatic carbocycles. The Labute approximate surface area is 100 Å². The average molecular weight is 232 g/mol. The zero-order valence-electron chi connectivity index (χ0n) is 9.60. The molecule has 1 aromatic heterocycles. The van der Waals surface area contributed by atoms with Crippen LogP contribution in [0.15, 0.2) is 35.7 Å². The molecule has 1 heterocycles. The molecule has 84 valence electrons. The van der Waals surface area contributed by atoms with Crippen molar-refractivity contribution in [1.82, 2.24) is 0 Å². The maximum Gasteiger partial charge on any atom is 0.113 e. The molecule has 0 amide bonds. The van der Waals surface area contributed by atoms with E-state index in [1.54, 1.807) is 11.3 Å². The van der Waals surface area contributed by atoms with Crippen molar-refractivity contribution in [3.8, 4) is 0 Å². The van der Waals surface area contributed by atoms with Crippen molar-refractivity contribution in [1.29, 1.82) is 0 Å². The topological polar surface area (TPSA) is 20.2 Å². The number of hydrogen-bond acceptors (Lipinski definition) is 2. The van der Waals surface area contributed by atoms with Crippen LogP contribution < -0.4 is 0 Å². The van der Waals surface area contributed by atoms with Gasteiger partial charge in [-0.15, -0.1) is 11.3 Å². The molecule has 1 N–H and O–H groups in total. The summed E-state index contributed by atoms with van der Waals surface area (Å²) < 4.78 is 0. The minimum atomic E-state index is -0.481. The summed E-state index contributed by atoms with van der Waals surface area (Å²) in [5.74, 6) is 0. The zero-order chi connectivity index (χ0) is 11.5. The monoisotopic (exact) mass is 232 g/mol. The van der Waals surface area contributed by atoms with Gasteiger partial charge in [0.1, 0.15) is 6.10 Å². The average Bonchev–Trinajstić information content (AvgIpc) is 2.75. The molecule has 1 nitrogen and oxygen atoms in total. The van der Waals surface area contributed by atoms with Crippen molar-refractivity contribution in [2.45, 2.75) is 26.4 Å². The molecule has 0 saturated heterocycles. The summed E-state index contributed by atoms with van der Waals surface area (Å²) in [5, 5.41) is 12.3. The van der Waals surface area contributed by atoms with Crippen LogP contribution in [0.2, 0.25) is 0 Å². The second kappa shape index (κ2) is 4.81. The van der Waals surface area contributed by atoms with Crippen LogP contribution in [0.1, 0.15) is 34.6 Å². The van der Waals surface area contributed by atoms with Gasteiger partial charge in [0.2, 0.25) is 0 Å². The first kappa shape index (κ1) is 11.4. The van der Waals surface area contributed by atoms with E-state index in [1.165, 1.54) is 5.56 Å². The predicted octanol–water partition coefficient (Wildman–Crippen LogP) is 3.70. The van der Waals surface area contributed by atoms with Gasteiger partial charge >= 0.3 is 0 Å². The Hall–Kier alpha value is -1.12. The molecule has 0 spiro atoms. The third kappa shape index (κ3) is 2.18. The van der Waals surface area contributed by atoms with Crippen molar-refractivity contribution < 1.29 is 5.11 Å². The van der Waals surface area contributed by atoms with Crippen LogP contribution in [0, 0.1) is 6.92 Å². The highest BCUT2D eigenvalue weighted by atomic mass is 32.1. The Morgan fingerprint density at radius 3 is 2.38 bits per heavy atom. The predicted molar refractivity (Wildman–Crippen MR) is 68.9 cm³/mol. The lowest BCUT2D eigenvalue weighted by Gasteiger charge is -2.11. The van der Waals surface area contributed by atoms with Crippen molar-refractivity contribution in [2.24, 2.45) is 0 Å². The van der Waals surface area contributed by atoms with E-state index in [-0.39, 0.29) is 0 Å². The second-order valence-corrected chi connectivity index (χ2v) is 4.91. The van der Waals surface area contributed by atoms with Gasteiger partial charge in [-0.1, -0.05) is 31.2 Å². The first-order chi connectivity index (χ1) is 7.72. The Morgan fingerprint density at radius 1 is 1.19 bits per heavy atom. The summed E-state index contributed by atoms with van der Waals surface area (Å²) in [6.45, 7) is 4.17. The van der Waals surface area contributed by atoms with Crippen LogP contribution in [0.3, 0.4) is 0 Å². The number of thiophene rings is 1. The van der Waals surface area contributed by atoms with Gasteiger partial charge in [0.05, 0.1) is 0 Å². The quantitative estimate of drug-likeness (QED) is 0.855. The number of hydrogen-bond donors (Lipinski definition) is 1. The first-order valence-electron chi connectivity index (χ1n) is 5.53. The fraction of sp³-hybridized carbons (Fsp3) is 0.286. The molecular formula is C14H16OS. The minimum Gasteiger partial charge on any atom is -0.383 e. The highest BCUT2D eigenvalue weighted by Crippen LogP contribution is 2.29. The Bertz CT molecular complexity index is 456. The molecule has 0 fully saturated rings. The van der Waals surface area contributed by atoms with E-state index in [0.717, 1.165) is 22.4 Å². The molecule has 2 heteroatoms. The molecule has 2 aromatic rings. The van der Waals surface area contributed by atoms with E-state index in [9.17, 15) is 5.11 Å². The summed E-state index contributed by atoms with van der Waals surface area (Å²) in [4.78, 5) is 1.05. The lowest BCUT2D eigenvalue weighted by atomic mass is 10.0. The zero-order valence-corrected chi connectivity index (χ0v) is 10.4. The van der Waals surface area contributed by atoms with Gasteiger partial charge < -0.3 is 5.11 Å². The highest BCUT2D eigenvalue weighted by Gasteiger charge is 2.13. The normalized spacial score (nSPS) is 12.7. The second-order valence-electron chi connectivity index (χ2n) is 3.97.